The van der Waals surface area contributed by atoms with Gasteiger partial charge in [0.25, 0.3) is 0 Å². The van der Waals surface area contributed by atoms with Gasteiger partial charge in [-0.1, -0.05) is 29.8 Å². The fourth-order valence-corrected chi connectivity index (χ4v) is 2.09. The number of carbonyl (C=O) groups excluding carboxylic acids is 1. The normalized spacial score (nSPS) is 10.1. The minimum Gasteiger partial charge on any atom is -0.337 e. The molecule has 0 atom stereocenters. The van der Waals surface area contributed by atoms with E-state index in [1.54, 1.807) is 12.3 Å². The number of urea groups is 1. The molecule has 20 heavy (non-hydrogen) atoms. The van der Waals surface area contributed by atoms with E-state index >= 15 is 0 Å². The number of hydrogen-bond acceptors (Lipinski definition) is 2. The molecule has 0 saturated heterocycles. The Labute approximate surface area is 130 Å². The van der Waals surface area contributed by atoms with Crippen molar-refractivity contribution in [1.29, 1.82) is 0 Å². The van der Waals surface area contributed by atoms with E-state index in [-0.39, 0.29) is 6.03 Å². The largest absolute Gasteiger partial charge is 0.337 e. The molecule has 0 aliphatic rings. The SMILES string of the molecule is O=C(NCCc1ccccc1Cl)Nc1ccc(Br)cn1. The molecule has 2 amide bonds. The Hall–Kier alpha value is -1.59. The Morgan fingerprint density at radius 3 is 2.75 bits per heavy atom. The minimum absolute atomic E-state index is 0.285. The molecule has 0 aliphatic carbocycles. The van der Waals surface area contributed by atoms with Gasteiger partial charge in [-0.2, -0.15) is 0 Å². The van der Waals surface area contributed by atoms with Gasteiger partial charge in [0.15, 0.2) is 0 Å². The summed E-state index contributed by atoms with van der Waals surface area (Å²) in [6.45, 7) is 0.506. The number of nitrogens with one attached hydrogen (secondary N) is 2. The van der Waals surface area contributed by atoms with Crippen LogP contribution in [0.1, 0.15) is 5.56 Å². The number of anilines is 1. The molecule has 4 nitrogen and oxygen atoms in total. The maximum atomic E-state index is 11.7. The van der Waals surface area contributed by atoms with E-state index < -0.39 is 0 Å². The van der Waals surface area contributed by atoms with Crippen molar-refractivity contribution in [3.8, 4) is 0 Å². The van der Waals surface area contributed by atoms with E-state index in [0.717, 1.165) is 10.0 Å². The number of carbonyl (C=O) groups is 1. The first-order valence-electron chi connectivity index (χ1n) is 6.05. The van der Waals surface area contributed by atoms with Crippen LogP contribution in [0.3, 0.4) is 0 Å². The summed E-state index contributed by atoms with van der Waals surface area (Å²) in [5.41, 5.74) is 1.01. The van der Waals surface area contributed by atoms with Gasteiger partial charge in [-0.05, 0) is 46.1 Å². The summed E-state index contributed by atoms with van der Waals surface area (Å²) in [6, 6.07) is 10.8. The number of benzene rings is 1. The van der Waals surface area contributed by atoms with Gasteiger partial charge in [0, 0.05) is 22.2 Å². The lowest BCUT2D eigenvalue weighted by molar-refractivity contribution is 0.252. The number of hydrogen-bond donors (Lipinski definition) is 2. The van der Waals surface area contributed by atoms with Crippen LogP contribution in [-0.4, -0.2) is 17.6 Å². The van der Waals surface area contributed by atoms with Gasteiger partial charge >= 0.3 is 6.03 Å². The standard InChI is InChI=1S/C14H13BrClN3O/c15-11-5-6-13(18-9-11)19-14(20)17-8-7-10-3-1-2-4-12(10)16/h1-6,9H,7-8H2,(H2,17,18,19,20). The third-order valence-corrected chi connectivity index (χ3v) is 3.44. The van der Waals surface area contributed by atoms with E-state index in [9.17, 15) is 4.79 Å². The number of halogens is 2. The van der Waals surface area contributed by atoms with Crippen LogP contribution >= 0.6 is 27.5 Å². The van der Waals surface area contributed by atoms with Crippen molar-refractivity contribution in [1.82, 2.24) is 10.3 Å². The molecule has 6 heteroatoms. The molecule has 1 aromatic heterocycles. The summed E-state index contributed by atoms with van der Waals surface area (Å²) in [6.07, 6.45) is 2.31. The van der Waals surface area contributed by atoms with Crippen molar-refractivity contribution in [3.63, 3.8) is 0 Å². The predicted octanol–water partition coefficient (Wildman–Crippen LogP) is 3.86. The van der Waals surface area contributed by atoms with Crippen LogP contribution < -0.4 is 10.6 Å². The summed E-state index contributed by atoms with van der Waals surface area (Å²) in [7, 11) is 0. The molecule has 0 unspecified atom stereocenters. The quantitative estimate of drug-likeness (QED) is 0.876. The molecule has 0 saturated carbocycles. The molecule has 1 heterocycles. The molecule has 0 aliphatic heterocycles. The number of nitrogens with zero attached hydrogens (tertiary/aromatic N) is 1. The van der Waals surface area contributed by atoms with Crippen molar-refractivity contribution in [2.24, 2.45) is 0 Å². The smallest absolute Gasteiger partial charge is 0.320 e. The zero-order valence-corrected chi connectivity index (χ0v) is 12.9. The summed E-state index contributed by atoms with van der Waals surface area (Å²) in [5, 5.41) is 6.13. The third-order valence-electron chi connectivity index (χ3n) is 2.61. The number of amides is 2. The maximum absolute atomic E-state index is 11.7. The lowest BCUT2D eigenvalue weighted by Crippen LogP contribution is -2.30. The highest BCUT2D eigenvalue weighted by Crippen LogP contribution is 2.14. The molecule has 0 radical (unpaired) electrons. The Bertz CT molecular complexity index is 589. The first-order chi connectivity index (χ1) is 9.65. The molecule has 2 rings (SSSR count). The zero-order valence-electron chi connectivity index (χ0n) is 10.6. The monoisotopic (exact) mass is 353 g/mol. The average molecular weight is 355 g/mol. The van der Waals surface area contributed by atoms with Crippen molar-refractivity contribution < 1.29 is 4.79 Å². The molecule has 0 fully saturated rings. The highest BCUT2D eigenvalue weighted by Gasteiger charge is 2.03. The van der Waals surface area contributed by atoms with Crippen molar-refractivity contribution >= 4 is 39.4 Å². The summed E-state index contributed by atoms with van der Waals surface area (Å²) in [5.74, 6) is 0.503. The first kappa shape index (κ1) is 14.8. The molecule has 2 aromatic rings. The molecule has 0 bridgehead atoms. The van der Waals surface area contributed by atoms with Crippen LogP contribution in [0.5, 0.6) is 0 Å². The van der Waals surface area contributed by atoms with Gasteiger partial charge in [-0.25, -0.2) is 9.78 Å². The maximum Gasteiger partial charge on any atom is 0.320 e. The fourth-order valence-electron chi connectivity index (χ4n) is 1.62. The van der Waals surface area contributed by atoms with E-state index in [1.807, 2.05) is 30.3 Å². The Balaban J connectivity index is 1.78. The van der Waals surface area contributed by atoms with E-state index in [2.05, 4.69) is 31.5 Å². The molecular formula is C14H13BrClN3O. The van der Waals surface area contributed by atoms with E-state index in [1.165, 1.54) is 0 Å². The average Bonchev–Trinajstić information content (AvgIpc) is 2.43. The van der Waals surface area contributed by atoms with E-state index in [4.69, 9.17) is 11.6 Å². The van der Waals surface area contributed by atoms with Crippen molar-refractivity contribution in [3.05, 3.63) is 57.7 Å². The van der Waals surface area contributed by atoms with Gasteiger partial charge in [0.05, 0.1) is 0 Å². The second-order valence-corrected chi connectivity index (χ2v) is 5.41. The second-order valence-electron chi connectivity index (χ2n) is 4.08. The summed E-state index contributed by atoms with van der Waals surface area (Å²) in [4.78, 5) is 15.7. The zero-order chi connectivity index (χ0) is 14.4. The van der Waals surface area contributed by atoms with Gasteiger partial charge < -0.3 is 5.32 Å². The minimum atomic E-state index is -0.285. The van der Waals surface area contributed by atoms with Crippen molar-refractivity contribution in [2.75, 3.05) is 11.9 Å². The van der Waals surface area contributed by atoms with Gasteiger partial charge in [0.2, 0.25) is 0 Å². The van der Waals surface area contributed by atoms with Crippen LogP contribution in [0.4, 0.5) is 10.6 Å². The van der Waals surface area contributed by atoms with Crippen LogP contribution in [0.25, 0.3) is 0 Å². The van der Waals surface area contributed by atoms with E-state index in [0.29, 0.717) is 23.8 Å². The topological polar surface area (TPSA) is 54.0 Å². The summed E-state index contributed by atoms with van der Waals surface area (Å²) < 4.78 is 0.863. The molecular weight excluding hydrogens is 342 g/mol. The van der Waals surface area contributed by atoms with Gasteiger partial charge in [-0.15, -0.1) is 0 Å². The lowest BCUT2D eigenvalue weighted by atomic mass is 10.1. The molecule has 1 aromatic carbocycles. The lowest BCUT2D eigenvalue weighted by Gasteiger charge is -2.08. The van der Waals surface area contributed by atoms with Crippen LogP contribution in [0, 0.1) is 0 Å². The number of rotatable bonds is 4. The predicted molar refractivity (Wildman–Crippen MR) is 84.1 cm³/mol. The Morgan fingerprint density at radius 1 is 1.25 bits per heavy atom. The van der Waals surface area contributed by atoms with Gasteiger partial charge in [-0.3, -0.25) is 5.32 Å². The third kappa shape index (κ3) is 4.51. The first-order valence-corrected chi connectivity index (χ1v) is 7.22. The van der Waals surface area contributed by atoms with Crippen molar-refractivity contribution in [2.45, 2.75) is 6.42 Å². The van der Waals surface area contributed by atoms with Crippen LogP contribution in [0.15, 0.2) is 47.1 Å². The van der Waals surface area contributed by atoms with Crippen LogP contribution in [0.2, 0.25) is 5.02 Å². The second kappa shape index (κ2) is 7.26. The van der Waals surface area contributed by atoms with Gasteiger partial charge in [0.1, 0.15) is 5.82 Å². The highest BCUT2D eigenvalue weighted by atomic mass is 79.9. The summed E-state index contributed by atoms with van der Waals surface area (Å²) >= 11 is 9.32. The molecule has 2 N–H and O–H groups in total. The Kier molecular flexibility index (Phi) is 5.38. The Morgan fingerprint density at radius 2 is 2.05 bits per heavy atom. The number of pyridine rings is 1. The molecule has 0 spiro atoms. The van der Waals surface area contributed by atoms with Crippen LogP contribution in [-0.2, 0) is 6.42 Å². The highest BCUT2D eigenvalue weighted by molar-refractivity contribution is 9.10. The fraction of sp³-hybridized carbons (Fsp3) is 0.143. The number of aromatic nitrogens is 1. The molecule has 104 valence electrons.